The van der Waals surface area contributed by atoms with Gasteiger partial charge in [0.05, 0.1) is 16.0 Å². The summed E-state index contributed by atoms with van der Waals surface area (Å²) in [6.45, 7) is 4.91. The number of rotatable bonds is 4. The molecule has 140 valence electrons. The van der Waals surface area contributed by atoms with Crippen LogP contribution in [0, 0.1) is 0 Å². The van der Waals surface area contributed by atoms with E-state index in [-0.39, 0.29) is 16.4 Å². The molecular weight excluding hydrogens is 352 g/mol. The number of carboxylic acids is 1. The summed E-state index contributed by atoms with van der Waals surface area (Å²) in [5.41, 5.74) is 1.27. The fourth-order valence-corrected chi connectivity index (χ4v) is 4.83. The van der Waals surface area contributed by atoms with Crippen LogP contribution < -0.4 is 0 Å². The van der Waals surface area contributed by atoms with Crippen LogP contribution in [-0.4, -0.2) is 41.9 Å². The van der Waals surface area contributed by atoms with Crippen molar-refractivity contribution in [1.29, 1.82) is 0 Å². The molecule has 7 heteroatoms. The van der Waals surface area contributed by atoms with Gasteiger partial charge in [-0.25, -0.2) is 13.2 Å². The molecule has 0 radical (unpaired) electrons. The zero-order valence-electron chi connectivity index (χ0n) is 15.1. The molecule has 1 aromatic heterocycles. The van der Waals surface area contributed by atoms with Gasteiger partial charge in [0.15, 0.2) is 0 Å². The van der Waals surface area contributed by atoms with Crippen molar-refractivity contribution in [3.8, 4) is 0 Å². The van der Waals surface area contributed by atoms with E-state index in [0.29, 0.717) is 29.7 Å². The summed E-state index contributed by atoms with van der Waals surface area (Å²) in [6.07, 6.45) is 3.78. The Balaban J connectivity index is 2.12. The molecule has 26 heavy (non-hydrogen) atoms. The first-order valence-electron chi connectivity index (χ1n) is 8.99. The van der Waals surface area contributed by atoms with Crippen molar-refractivity contribution in [2.24, 2.45) is 0 Å². The zero-order chi connectivity index (χ0) is 18.9. The molecule has 0 amide bonds. The molecule has 0 saturated carbocycles. The van der Waals surface area contributed by atoms with Crippen LogP contribution in [-0.2, 0) is 10.0 Å². The number of sulfonamides is 1. The Morgan fingerprint density at radius 3 is 2.35 bits per heavy atom. The number of carbonyl (C=O) groups is 1. The average Bonchev–Trinajstić information content (AvgIpc) is 2.89. The molecule has 0 unspecified atom stereocenters. The van der Waals surface area contributed by atoms with Crippen molar-refractivity contribution in [2.75, 3.05) is 13.1 Å². The SMILES string of the molecule is CC(C)c1cc(C(=O)O)c2cc(S(=O)(=O)N3CCCCCC3)ccc2n1. The van der Waals surface area contributed by atoms with Gasteiger partial charge in [0, 0.05) is 24.2 Å². The molecule has 2 aromatic rings. The molecular formula is C19H24N2O4S. The second-order valence-electron chi connectivity index (χ2n) is 7.05. The zero-order valence-corrected chi connectivity index (χ0v) is 15.9. The second-order valence-corrected chi connectivity index (χ2v) is 8.99. The molecule has 1 aliphatic heterocycles. The summed E-state index contributed by atoms with van der Waals surface area (Å²) in [6, 6.07) is 6.14. The molecule has 6 nitrogen and oxygen atoms in total. The highest BCUT2D eigenvalue weighted by Crippen LogP contribution is 2.27. The lowest BCUT2D eigenvalue weighted by molar-refractivity contribution is 0.0698. The van der Waals surface area contributed by atoms with Gasteiger partial charge >= 0.3 is 5.97 Å². The van der Waals surface area contributed by atoms with E-state index in [9.17, 15) is 18.3 Å². The topological polar surface area (TPSA) is 87.6 Å². The number of pyridine rings is 1. The van der Waals surface area contributed by atoms with Crippen molar-refractivity contribution in [3.63, 3.8) is 0 Å². The third kappa shape index (κ3) is 3.59. The summed E-state index contributed by atoms with van der Waals surface area (Å²) in [5.74, 6) is -0.998. The van der Waals surface area contributed by atoms with Gasteiger partial charge in [0.1, 0.15) is 0 Å². The maximum atomic E-state index is 13.0. The highest BCUT2D eigenvalue weighted by atomic mass is 32.2. The smallest absolute Gasteiger partial charge is 0.336 e. The van der Waals surface area contributed by atoms with E-state index in [1.165, 1.54) is 22.5 Å². The first kappa shape index (κ1) is 18.8. The Morgan fingerprint density at radius 2 is 1.77 bits per heavy atom. The maximum absolute atomic E-state index is 13.0. The fraction of sp³-hybridized carbons (Fsp3) is 0.474. The lowest BCUT2D eigenvalue weighted by Gasteiger charge is -2.20. The number of hydrogen-bond donors (Lipinski definition) is 1. The lowest BCUT2D eigenvalue weighted by atomic mass is 10.0. The molecule has 0 aliphatic carbocycles. The number of benzene rings is 1. The fourth-order valence-electron chi connectivity index (χ4n) is 3.29. The Bertz CT molecular complexity index is 930. The number of fused-ring (bicyclic) bond motifs is 1. The van der Waals surface area contributed by atoms with Gasteiger partial charge < -0.3 is 5.11 Å². The molecule has 1 aliphatic rings. The number of carboxylic acid groups (broad SMARTS) is 1. The van der Waals surface area contributed by atoms with Gasteiger partial charge in [0.2, 0.25) is 10.0 Å². The first-order valence-corrected chi connectivity index (χ1v) is 10.4. The number of nitrogens with zero attached hydrogens (tertiary/aromatic N) is 2. The Hall–Kier alpha value is -1.99. The van der Waals surface area contributed by atoms with Gasteiger partial charge in [-0.2, -0.15) is 4.31 Å². The highest BCUT2D eigenvalue weighted by molar-refractivity contribution is 7.89. The van der Waals surface area contributed by atoms with Crippen LogP contribution in [0.5, 0.6) is 0 Å². The lowest BCUT2D eigenvalue weighted by Crippen LogP contribution is -2.31. The van der Waals surface area contributed by atoms with Gasteiger partial charge in [-0.1, -0.05) is 26.7 Å². The van der Waals surface area contributed by atoms with Gasteiger partial charge in [0.25, 0.3) is 0 Å². The van der Waals surface area contributed by atoms with Crippen molar-refractivity contribution >= 4 is 26.9 Å². The van der Waals surface area contributed by atoms with Crippen molar-refractivity contribution < 1.29 is 18.3 Å². The third-order valence-electron chi connectivity index (χ3n) is 4.82. The molecule has 2 heterocycles. The monoisotopic (exact) mass is 376 g/mol. The molecule has 1 saturated heterocycles. The Labute approximate surface area is 153 Å². The second kappa shape index (κ2) is 7.32. The highest BCUT2D eigenvalue weighted by Gasteiger charge is 2.26. The minimum atomic E-state index is -3.63. The molecule has 3 rings (SSSR count). The summed E-state index contributed by atoms with van der Waals surface area (Å²) < 4.78 is 27.5. The van der Waals surface area contributed by atoms with E-state index in [1.54, 1.807) is 6.07 Å². The Morgan fingerprint density at radius 1 is 1.12 bits per heavy atom. The van der Waals surface area contributed by atoms with E-state index in [1.807, 2.05) is 13.8 Å². The summed E-state index contributed by atoms with van der Waals surface area (Å²) in [4.78, 5) is 16.3. The van der Waals surface area contributed by atoms with Crippen LogP contribution in [0.15, 0.2) is 29.2 Å². The van der Waals surface area contributed by atoms with Crippen LogP contribution in [0.1, 0.15) is 61.5 Å². The molecule has 0 spiro atoms. The standard InChI is InChI=1S/C19H24N2O4S/c1-13(2)18-12-16(19(22)23)15-11-14(7-8-17(15)20-18)26(24,25)21-9-5-3-4-6-10-21/h7-8,11-13H,3-6,9-10H2,1-2H3,(H,22,23). The van der Waals surface area contributed by atoms with Gasteiger partial charge in [-0.15, -0.1) is 0 Å². The van der Waals surface area contributed by atoms with Crippen molar-refractivity contribution in [2.45, 2.75) is 50.3 Å². The normalized spacial score (nSPS) is 16.7. The predicted molar refractivity (Wildman–Crippen MR) is 100 cm³/mol. The van der Waals surface area contributed by atoms with Crippen molar-refractivity contribution in [1.82, 2.24) is 9.29 Å². The number of hydrogen-bond acceptors (Lipinski definition) is 4. The summed E-state index contributed by atoms with van der Waals surface area (Å²) in [5, 5.41) is 9.94. The first-order chi connectivity index (χ1) is 12.3. The quantitative estimate of drug-likeness (QED) is 0.880. The van der Waals surface area contributed by atoms with Gasteiger partial charge in [-0.05, 0) is 43.0 Å². The van der Waals surface area contributed by atoms with E-state index in [4.69, 9.17) is 0 Å². The van der Waals surface area contributed by atoms with E-state index < -0.39 is 16.0 Å². The molecule has 1 N–H and O–H groups in total. The van der Waals surface area contributed by atoms with E-state index in [0.717, 1.165) is 25.7 Å². The molecule has 0 atom stereocenters. The van der Waals surface area contributed by atoms with Crippen LogP contribution in [0.3, 0.4) is 0 Å². The molecule has 1 aromatic carbocycles. The van der Waals surface area contributed by atoms with Gasteiger partial charge in [-0.3, -0.25) is 4.98 Å². The maximum Gasteiger partial charge on any atom is 0.336 e. The van der Waals surface area contributed by atoms with Crippen LogP contribution in [0.4, 0.5) is 0 Å². The molecule has 0 bridgehead atoms. The minimum Gasteiger partial charge on any atom is -0.478 e. The minimum absolute atomic E-state index is 0.0815. The summed E-state index contributed by atoms with van der Waals surface area (Å²) >= 11 is 0. The van der Waals surface area contributed by atoms with Crippen LogP contribution in [0.2, 0.25) is 0 Å². The average molecular weight is 376 g/mol. The molecule has 1 fully saturated rings. The number of aromatic nitrogens is 1. The van der Waals surface area contributed by atoms with Crippen molar-refractivity contribution in [3.05, 3.63) is 35.5 Å². The van der Waals surface area contributed by atoms with E-state index >= 15 is 0 Å². The Kier molecular flexibility index (Phi) is 5.29. The largest absolute Gasteiger partial charge is 0.478 e. The third-order valence-corrected chi connectivity index (χ3v) is 6.72. The van der Waals surface area contributed by atoms with Crippen LogP contribution >= 0.6 is 0 Å². The van der Waals surface area contributed by atoms with E-state index in [2.05, 4.69) is 4.98 Å². The summed E-state index contributed by atoms with van der Waals surface area (Å²) in [7, 11) is -3.63. The predicted octanol–water partition coefficient (Wildman–Crippen LogP) is 3.62. The number of aromatic carboxylic acids is 1. The van der Waals surface area contributed by atoms with Crippen LogP contribution in [0.25, 0.3) is 10.9 Å².